The second-order valence-electron chi connectivity index (χ2n) is 5.44. The number of benzene rings is 2. The minimum atomic E-state index is -0.709. The molecular weight excluding hydrogens is 336 g/mol. The Hall–Kier alpha value is -3.41. The number of hydrogen-bond acceptors (Lipinski definition) is 6. The molecule has 132 valence electrons. The highest BCUT2D eigenvalue weighted by atomic mass is 16.5. The van der Waals surface area contributed by atoms with E-state index in [4.69, 9.17) is 9.15 Å². The molecule has 3 aromatic rings. The summed E-state index contributed by atoms with van der Waals surface area (Å²) in [5, 5.41) is 2.58. The molecule has 3 rings (SSSR count). The van der Waals surface area contributed by atoms with Crippen LogP contribution in [-0.4, -0.2) is 18.5 Å². The third-order valence-corrected chi connectivity index (χ3v) is 3.73. The molecule has 0 amide bonds. The molecule has 0 fully saturated rings. The fourth-order valence-electron chi connectivity index (χ4n) is 2.66. The molecule has 0 aliphatic carbocycles. The summed E-state index contributed by atoms with van der Waals surface area (Å²) in [4.78, 5) is 34.8. The van der Waals surface area contributed by atoms with Gasteiger partial charge in [-0.15, -0.1) is 0 Å². The van der Waals surface area contributed by atoms with E-state index in [-0.39, 0.29) is 13.2 Å². The Morgan fingerprint density at radius 1 is 1.04 bits per heavy atom. The van der Waals surface area contributed by atoms with E-state index < -0.39 is 17.6 Å². The normalized spacial score (nSPS) is 11.1. The lowest BCUT2D eigenvalue weighted by Gasteiger charge is -2.08. The van der Waals surface area contributed by atoms with Crippen LogP contribution in [0.15, 0.2) is 63.8 Å². The monoisotopic (exact) mass is 352 g/mol. The average Bonchev–Trinajstić information content (AvgIpc) is 2.64. The first-order chi connectivity index (χ1) is 12.6. The van der Waals surface area contributed by atoms with Gasteiger partial charge in [0.2, 0.25) is 0 Å². The van der Waals surface area contributed by atoms with Crippen molar-refractivity contribution in [2.24, 2.45) is 0 Å². The lowest BCUT2D eigenvalue weighted by atomic mass is 10.0. The van der Waals surface area contributed by atoms with E-state index in [0.717, 1.165) is 22.9 Å². The summed E-state index contributed by atoms with van der Waals surface area (Å²) < 4.78 is 15.1. The fraction of sp³-hybridized carbons (Fsp3) is 0.150. The van der Waals surface area contributed by atoms with Crippen molar-refractivity contribution in [3.8, 4) is 0 Å². The van der Waals surface area contributed by atoms with Crippen LogP contribution in [0, 0.1) is 0 Å². The zero-order valence-corrected chi connectivity index (χ0v) is 14.1. The van der Waals surface area contributed by atoms with Gasteiger partial charge in [0, 0.05) is 29.2 Å². The van der Waals surface area contributed by atoms with Crippen LogP contribution in [-0.2, 0) is 25.7 Å². The maximum absolute atomic E-state index is 11.8. The predicted molar refractivity (Wildman–Crippen MR) is 95.6 cm³/mol. The van der Waals surface area contributed by atoms with Gasteiger partial charge in [0.15, 0.2) is 0 Å². The van der Waals surface area contributed by atoms with Gasteiger partial charge in [0.1, 0.15) is 12.2 Å². The second-order valence-corrected chi connectivity index (χ2v) is 5.44. The number of rotatable bonds is 5. The van der Waals surface area contributed by atoms with Crippen molar-refractivity contribution in [1.29, 1.82) is 0 Å². The van der Waals surface area contributed by atoms with Crippen LogP contribution in [0.1, 0.15) is 12.5 Å². The van der Waals surface area contributed by atoms with Gasteiger partial charge in [0.05, 0.1) is 6.61 Å². The molecule has 2 aromatic carbocycles. The summed E-state index contributed by atoms with van der Waals surface area (Å²) in [7, 11) is 0. The van der Waals surface area contributed by atoms with E-state index in [1.54, 1.807) is 13.0 Å². The van der Waals surface area contributed by atoms with Gasteiger partial charge in [-0.05, 0) is 23.8 Å². The van der Waals surface area contributed by atoms with Gasteiger partial charge >= 0.3 is 17.6 Å². The first kappa shape index (κ1) is 17.4. The van der Waals surface area contributed by atoms with Crippen LogP contribution in [0.25, 0.3) is 21.7 Å². The van der Waals surface area contributed by atoms with Crippen LogP contribution in [0.3, 0.4) is 0 Å². The van der Waals surface area contributed by atoms with E-state index >= 15 is 0 Å². The number of esters is 2. The van der Waals surface area contributed by atoms with E-state index in [1.807, 2.05) is 30.3 Å². The van der Waals surface area contributed by atoms with E-state index in [1.165, 1.54) is 6.07 Å². The minimum Gasteiger partial charge on any atom is -0.463 e. The van der Waals surface area contributed by atoms with Crippen LogP contribution in [0.4, 0.5) is 0 Å². The molecule has 1 aromatic heterocycles. The Balaban J connectivity index is 1.90. The molecule has 0 saturated carbocycles. The molecule has 0 N–H and O–H groups in total. The van der Waals surface area contributed by atoms with Crippen molar-refractivity contribution >= 4 is 33.7 Å². The van der Waals surface area contributed by atoms with Crippen molar-refractivity contribution in [3.63, 3.8) is 0 Å². The van der Waals surface area contributed by atoms with Gasteiger partial charge in [-0.3, -0.25) is 0 Å². The van der Waals surface area contributed by atoms with Gasteiger partial charge in [-0.1, -0.05) is 30.3 Å². The van der Waals surface area contributed by atoms with Crippen LogP contribution >= 0.6 is 0 Å². The van der Waals surface area contributed by atoms with Crippen molar-refractivity contribution in [2.45, 2.75) is 13.5 Å². The highest BCUT2D eigenvalue weighted by Gasteiger charge is 2.11. The van der Waals surface area contributed by atoms with Gasteiger partial charge in [-0.2, -0.15) is 0 Å². The average molecular weight is 352 g/mol. The number of hydrogen-bond donors (Lipinski definition) is 0. The molecule has 0 aliphatic rings. The lowest BCUT2D eigenvalue weighted by molar-refractivity contribution is -0.141. The Labute approximate surface area is 148 Å². The Morgan fingerprint density at radius 3 is 2.54 bits per heavy atom. The Morgan fingerprint density at radius 2 is 1.77 bits per heavy atom. The van der Waals surface area contributed by atoms with Crippen molar-refractivity contribution in [3.05, 3.63) is 70.6 Å². The molecule has 6 nitrogen and oxygen atoms in total. The molecular formula is C20H16O6. The summed E-state index contributed by atoms with van der Waals surface area (Å²) in [5.74, 6) is -1.33. The zero-order valence-electron chi connectivity index (χ0n) is 14.1. The molecule has 0 radical (unpaired) electrons. The maximum atomic E-state index is 11.8. The van der Waals surface area contributed by atoms with Crippen molar-refractivity contribution in [2.75, 3.05) is 6.61 Å². The first-order valence-electron chi connectivity index (χ1n) is 8.04. The van der Waals surface area contributed by atoms with E-state index in [0.29, 0.717) is 16.5 Å². The maximum Gasteiger partial charge on any atom is 0.336 e. The van der Waals surface area contributed by atoms with Crippen LogP contribution in [0.5, 0.6) is 0 Å². The van der Waals surface area contributed by atoms with Crippen LogP contribution in [0.2, 0.25) is 0 Å². The number of carbonyl (C=O) groups is 2. The number of carbonyl (C=O) groups excluding carboxylic acids is 2. The molecule has 0 aliphatic heterocycles. The van der Waals surface area contributed by atoms with Crippen molar-refractivity contribution in [1.82, 2.24) is 0 Å². The summed E-state index contributed by atoms with van der Waals surface area (Å²) >= 11 is 0. The minimum absolute atomic E-state index is 0.123. The summed E-state index contributed by atoms with van der Waals surface area (Å²) in [6.07, 6.45) is 1.99. The predicted octanol–water partition coefficient (Wildman–Crippen LogP) is 3.11. The van der Waals surface area contributed by atoms with Crippen molar-refractivity contribution < 1.29 is 23.5 Å². The second kappa shape index (κ2) is 7.65. The smallest absolute Gasteiger partial charge is 0.336 e. The number of fused-ring (bicyclic) bond motifs is 3. The SMILES string of the molecule is CCOC(=O)/C=C/C(=O)OCc1cc(=O)oc2ccc3ccccc3c12. The summed E-state index contributed by atoms with van der Waals surface area (Å²) in [6, 6.07) is 12.5. The largest absolute Gasteiger partial charge is 0.463 e. The third-order valence-electron chi connectivity index (χ3n) is 3.73. The topological polar surface area (TPSA) is 82.8 Å². The first-order valence-corrected chi connectivity index (χ1v) is 8.04. The number of ether oxygens (including phenoxy) is 2. The molecule has 0 saturated heterocycles. The highest BCUT2D eigenvalue weighted by Crippen LogP contribution is 2.27. The zero-order chi connectivity index (χ0) is 18.5. The molecule has 0 atom stereocenters. The summed E-state index contributed by atoms with van der Waals surface area (Å²) in [5.41, 5.74) is 0.427. The third kappa shape index (κ3) is 3.80. The fourth-order valence-corrected chi connectivity index (χ4v) is 2.66. The van der Waals surface area contributed by atoms with Crippen LogP contribution < -0.4 is 5.63 Å². The molecule has 1 heterocycles. The molecule has 0 spiro atoms. The molecule has 0 bridgehead atoms. The quantitative estimate of drug-likeness (QED) is 0.304. The molecule has 26 heavy (non-hydrogen) atoms. The Kier molecular flexibility index (Phi) is 5.12. The highest BCUT2D eigenvalue weighted by molar-refractivity contribution is 6.07. The van der Waals surface area contributed by atoms with Gasteiger partial charge < -0.3 is 13.9 Å². The molecule has 0 unspecified atom stereocenters. The Bertz CT molecular complexity index is 1060. The lowest BCUT2D eigenvalue weighted by Crippen LogP contribution is -2.07. The summed E-state index contributed by atoms with van der Waals surface area (Å²) in [6.45, 7) is 1.76. The van der Waals surface area contributed by atoms with Gasteiger partial charge in [-0.25, -0.2) is 14.4 Å². The van der Waals surface area contributed by atoms with E-state index in [9.17, 15) is 14.4 Å². The van der Waals surface area contributed by atoms with E-state index in [2.05, 4.69) is 4.74 Å². The molecule has 6 heteroatoms. The van der Waals surface area contributed by atoms with Gasteiger partial charge in [0.25, 0.3) is 0 Å². The standard InChI is InChI=1S/C20H16O6/c1-2-24-17(21)9-10-18(22)25-12-14-11-19(23)26-16-8-7-13-5-3-4-6-15(13)20(14)16/h3-11H,2,12H2,1H3/b10-9+.